The average molecular weight is 245 g/mol. The molecule has 0 radical (unpaired) electrons. The second kappa shape index (κ2) is 11.9. The van der Waals surface area contributed by atoms with Crippen LogP contribution in [0.25, 0.3) is 0 Å². The van der Waals surface area contributed by atoms with Gasteiger partial charge in [-0.05, 0) is 38.3 Å². The van der Waals surface area contributed by atoms with Crippen LogP contribution in [0.3, 0.4) is 0 Å². The number of ether oxygens (including phenoxy) is 1. The summed E-state index contributed by atoms with van der Waals surface area (Å²) in [5, 5.41) is 11.8. The SMILES string of the molecule is CC(C)COCCCNCCCCCC(=O)O. The van der Waals surface area contributed by atoms with E-state index in [0.29, 0.717) is 12.3 Å². The zero-order valence-electron chi connectivity index (χ0n) is 11.2. The zero-order valence-corrected chi connectivity index (χ0v) is 11.2. The summed E-state index contributed by atoms with van der Waals surface area (Å²) in [6.45, 7) is 7.92. The van der Waals surface area contributed by atoms with Gasteiger partial charge in [0.25, 0.3) is 0 Å². The van der Waals surface area contributed by atoms with Gasteiger partial charge in [-0.2, -0.15) is 0 Å². The van der Waals surface area contributed by atoms with Gasteiger partial charge in [-0.3, -0.25) is 4.79 Å². The first-order chi connectivity index (χ1) is 8.13. The van der Waals surface area contributed by atoms with Gasteiger partial charge in [-0.1, -0.05) is 20.3 Å². The third-order valence-corrected chi connectivity index (χ3v) is 2.34. The number of hydrogen-bond donors (Lipinski definition) is 2. The van der Waals surface area contributed by atoms with Crippen molar-refractivity contribution in [3.05, 3.63) is 0 Å². The molecule has 4 heteroatoms. The fourth-order valence-electron chi connectivity index (χ4n) is 1.45. The predicted molar refractivity (Wildman–Crippen MR) is 69.2 cm³/mol. The Morgan fingerprint density at radius 1 is 1.18 bits per heavy atom. The summed E-state index contributed by atoms with van der Waals surface area (Å²) in [6, 6.07) is 0. The molecule has 0 unspecified atom stereocenters. The first kappa shape index (κ1) is 16.4. The lowest BCUT2D eigenvalue weighted by Gasteiger charge is -2.07. The number of unbranched alkanes of at least 4 members (excludes halogenated alkanes) is 2. The van der Waals surface area contributed by atoms with Crippen molar-refractivity contribution in [1.29, 1.82) is 0 Å². The molecule has 0 amide bonds. The molecule has 0 atom stereocenters. The monoisotopic (exact) mass is 245 g/mol. The lowest BCUT2D eigenvalue weighted by Crippen LogP contribution is -2.18. The Labute approximate surface area is 105 Å². The second-order valence-corrected chi connectivity index (χ2v) is 4.78. The van der Waals surface area contributed by atoms with E-state index in [1.807, 2.05) is 0 Å². The van der Waals surface area contributed by atoms with E-state index in [1.54, 1.807) is 0 Å². The minimum atomic E-state index is -0.694. The highest BCUT2D eigenvalue weighted by molar-refractivity contribution is 5.66. The molecule has 0 saturated heterocycles. The predicted octanol–water partition coefficient (Wildman–Crippen LogP) is 2.28. The van der Waals surface area contributed by atoms with Crippen molar-refractivity contribution >= 4 is 5.97 Å². The summed E-state index contributed by atoms with van der Waals surface area (Å²) < 4.78 is 5.46. The molecule has 0 bridgehead atoms. The van der Waals surface area contributed by atoms with E-state index >= 15 is 0 Å². The highest BCUT2D eigenvalue weighted by atomic mass is 16.5. The van der Waals surface area contributed by atoms with Crippen LogP contribution < -0.4 is 5.32 Å². The number of hydrogen-bond acceptors (Lipinski definition) is 3. The summed E-state index contributed by atoms with van der Waals surface area (Å²) in [5.74, 6) is -0.0857. The van der Waals surface area contributed by atoms with Crippen LogP contribution in [-0.4, -0.2) is 37.4 Å². The molecule has 0 aromatic carbocycles. The number of nitrogens with one attached hydrogen (secondary N) is 1. The molecule has 0 aliphatic carbocycles. The molecular weight excluding hydrogens is 218 g/mol. The third kappa shape index (κ3) is 15.4. The van der Waals surface area contributed by atoms with E-state index in [-0.39, 0.29) is 0 Å². The van der Waals surface area contributed by atoms with Crippen LogP contribution in [0.5, 0.6) is 0 Å². The molecule has 17 heavy (non-hydrogen) atoms. The first-order valence-corrected chi connectivity index (χ1v) is 6.63. The Hall–Kier alpha value is -0.610. The minimum Gasteiger partial charge on any atom is -0.481 e. The van der Waals surface area contributed by atoms with E-state index in [2.05, 4.69) is 19.2 Å². The van der Waals surface area contributed by atoms with Crippen molar-refractivity contribution in [2.24, 2.45) is 5.92 Å². The Morgan fingerprint density at radius 3 is 2.53 bits per heavy atom. The second-order valence-electron chi connectivity index (χ2n) is 4.78. The topological polar surface area (TPSA) is 58.6 Å². The fourth-order valence-corrected chi connectivity index (χ4v) is 1.45. The molecule has 0 saturated carbocycles. The maximum absolute atomic E-state index is 10.3. The van der Waals surface area contributed by atoms with Gasteiger partial charge in [0.2, 0.25) is 0 Å². The van der Waals surface area contributed by atoms with Gasteiger partial charge in [-0.15, -0.1) is 0 Å². The van der Waals surface area contributed by atoms with Gasteiger partial charge in [0.05, 0.1) is 0 Å². The molecule has 0 rings (SSSR count). The van der Waals surface area contributed by atoms with Gasteiger partial charge < -0.3 is 15.2 Å². The molecule has 0 spiro atoms. The number of carboxylic acids is 1. The van der Waals surface area contributed by atoms with E-state index in [9.17, 15) is 4.79 Å². The van der Waals surface area contributed by atoms with Crippen molar-refractivity contribution in [3.63, 3.8) is 0 Å². The Morgan fingerprint density at radius 2 is 1.88 bits per heavy atom. The number of carboxylic acid groups (broad SMARTS) is 1. The molecule has 2 N–H and O–H groups in total. The number of carbonyl (C=O) groups is 1. The molecule has 4 nitrogen and oxygen atoms in total. The summed E-state index contributed by atoms with van der Waals surface area (Å²) in [5.41, 5.74) is 0. The standard InChI is InChI=1S/C13H27NO3/c1-12(2)11-17-10-6-9-14-8-5-3-4-7-13(15)16/h12,14H,3-11H2,1-2H3,(H,15,16). The molecule has 0 aromatic heterocycles. The van der Waals surface area contributed by atoms with Crippen molar-refractivity contribution in [2.75, 3.05) is 26.3 Å². The lowest BCUT2D eigenvalue weighted by molar-refractivity contribution is -0.137. The van der Waals surface area contributed by atoms with Gasteiger partial charge in [-0.25, -0.2) is 0 Å². The number of rotatable bonds is 12. The largest absolute Gasteiger partial charge is 0.481 e. The highest BCUT2D eigenvalue weighted by Gasteiger charge is 1.96. The summed E-state index contributed by atoms with van der Waals surface area (Å²) in [4.78, 5) is 10.3. The summed E-state index contributed by atoms with van der Waals surface area (Å²) in [6.07, 6.45) is 4.17. The average Bonchev–Trinajstić information content (AvgIpc) is 2.25. The molecule has 0 aromatic rings. The van der Waals surface area contributed by atoms with Gasteiger partial charge in [0.15, 0.2) is 0 Å². The van der Waals surface area contributed by atoms with Crippen molar-refractivity contribution in [2.45, 2.75) is 46.0 Å². The quantitative estimate of drug-likeness (QED) is 0.518. The van der Waals surface area contributed by atoms with Crippen molar-refractivity contribution in [3.8, 4) is 0 Å². The van der Waals surface area contributed by atoms with Crippen LogP contribution in [0.15, 0.2) is 0 Å². The van der Waals surface area contributed by atoms with Crippen LogP contribution in [0.1, 0.15) is 46.0 Å². The normalized spacial score (nSPS) is 11.0. The number of aliphatic carboxylic acids is 1. The Balaban J connectivity index is 2.96. The van der Waals surface area contributed by atoms with E-state index in [4.69, 9.17) is 9.84 Å². The summed E-state index contributed by atoms with van der Waals surface area (Å²) >= 11 is 0. The van der Waals surface area contributed by atoms with Crippen molar-refractivity contribution < 1.29 is 14.6 Å². The van der Waals surface area contributed by atoms with Crippen LogP contribution >= 0.6 is 0 Å². The smallest absolute Gasteiger partial charge is 0.303 e. The highest BCUT2D eigenvalue weighted by Crippen LogP contribution is 1.98. The van der Waals surface area contributed by atoms with Crippen molar-refractivity contribution in [1.82, 2.24) is 5.32 Å². The van der Waals surface area contributed by atoms with Crippen LogP contribution in [-0.2, 0) is 9.53 Å². The Bertz CT molecular complexity index is 184. The minimum absolute atomic E-state index is 0.295. The van der Waals surface area contributed by atoms with Gasteiger partial charge in [0, 0.05) is 19.6 Å². The first-order valence-electron chi connectivity index (χ1n) is 6.63. The fraction of sp³-hybridized carbons (Fsp3) is 0.923. The van der Waals surface area contributed by atoms with E-state index < -0.39 is 5.97 Å². The van der Waals surface area contributed by atoms with Gasteiger partial charge in [0.1, 0.15) is 0 Å². The van der Waals surface area contributed by atoms with E-state index in [0.717, 1.165) is 52.0 Å². The van der Waals surface area contributed by atoms with Crippen LogP contribution in [0.2, 0.25) is 0 Å². The molecule has 0 heterocycles. The maximum atomic E-state index is 10.3. The third-order valence-electron chi connectivity index (χ3n) is 2.34. The maximum Gasteiger partial charge on any atom is 0.303 e. The zero-order chi connectivity index (χ0) is 12.9. The molecule has 0 aliphatic rings. The molecule has 102 valence electrons. The molecule has 0 fully saturated rings. The molecular formula is C13H27NO3. The molecule has 0 aliphatic heterocycles. The van der Waals surface area contributed by atoms with Gasteiger partial charge >= 0.3 is 5.97 Å². The Kier molecular flexibility index (Phi) is 11.4. The lowest BCUT2D eigenvalue weighted by atomic mass is 10.2. The van der Waals surface area contributed by atoms with Crippen LogP contribution in [0.4, 0.5) is 0 Å². The van der Waals surface area contributed by atoms with Crippen LogP contribution in [0, 0.1) is 5.92 Å². The summed E-state index contributed by atoms with van der Waals surface area (Å²) in [7, 11) is 0. The van der Waals surface area contributed by atoms with E-state index in [1.165, 1.54) is 0 Å².